The first-order valence-electron chi connectivity index (χ1n) is 5.01. The van der Waals surface area contributed by atoms with Crippen LogP contribution >= 0.6 is 11.8 Å². The smallest absolute Gasteiger partial charge is 0.214 e. The van der Waals surface area contributed by atoms with E-state index in [1.165, 1.54) is 5.75 Å². The molecule has 0 saturated carbocycles. The van der Waals surface area contributed by atoms with Gasteiger partial charge in [0.25, 0.3) is 0 Å². The predicted molar refractivity (Wildman–Crippen MR) is 66.9 cm³/mol. The minimum Gasteiger partial charge on any atom is -0.481 e. The van der Waals surface area contributed by atoms with Crippen LogP contribution in [-0.4, -0.2) is 30.1 Å². The topological polar surface area (TPSA) is 34.1 Å². The lowest BCUT2D eigenvalue weighted by atomic mass is 10.2. The Morgan fingerprint density at radius 1 is 1.60 bits per heavy atom. The van der Waals surface area contributed by atoms with Gasteiger partial charge in [-0.2, -0.15) is 11.8 Å². The van der Waals surface area contributed by atoms with Crippen LogP contribution in [0.15, 0.2) is 18.3 Å². The summed E-state index contributed by atoms with van der Waals surface area (Å²) in [6, 6.07) is 4.35. The average Bonchev–Trinajstić information content (AvgIpc) is 2.26. The maximum absolute atomic E-state index is 5.06. The summed E-state index contributed by atoms with van der Waals surface area (Å²) in [6.45, 7) is 2.18. The molecule has 4 heteroatoms. The zero-order valence-electron chi connectivity index (χ0n) is 9.49. The van der Waals surface area contributed by atoms with Crippen molar-refractivity contribution >= 4 is 17.4 Å². The standard InChI is InChI=1S/C11H18N2OS/c1-9(5-7-15-3)13-10-4-6-12-11(8-10)14-2/h4,6,8-9H,5,7H2,1-3H3,(H,12,13). The van der Waals surface area contributed by atoms with Crippen LogP contribution in [0.3, 0.4) is 0 Å². The highest BCUT2D eigenvalue weighted by molar-refractivity contribution is 7.98. The second-order valence-electron chi connectivity index (χ2n) is 3.41. The molecule has 1 aromatic heterocycles. The third kappa shape index (κ3) is 4.42. The van der Waals surface area contributed by atoms with Gasteiger partial charge in [-0.15, -0.1) is 0 Å². The zero-order valence-corrected chi connectivity index (χ0v) is 10.3. The van der Waals surface area contributed by atoms with Gasteiger partial charge in [-0.1, -0.05) is 0 Å². The van der Waals surface area contributed by atoms with Crippen molar-refractivity contribution in [3.05, 3.63) is 18.3 Å². The van der Waals surface area contributed by atoms with Crippen molar-refractivity contribution in [3.8, 4) is 5.88 Å². The number of ether oxygens (including phenoxy) is 1. The molecule has 1 unspecified atom stereocenters. The number of thioether (sulfide) groups is 1. The number of methoxy groups -OCH3 is 1. The monoisotopic (exact) mass is 226 g/mol. The van der Waals surface area contributed by atoms with E-state index in [-0.39, 0.29) is 0 Å². The van der Waals surface area contributed by atoms with Gasteiger partial charge in [0.2, 0.25) is 5.88 Å². The molecule has 0 aliphatic carbocycles. The maximum Gasteiger partial charge on any atom is 0.214 e. The number of pyridine rings is 1. The van der Waals surface area contributed by atoms with Crippen LogP contribution in [-0.2, 0) is 0 Å². The van der Waals surface area contributed by atoms with E-state index < -0.39 is 0 Å². The van der Waals surface area contributed by atoms with E-state index in [2.05, 4.69) is 23.5 Å². The fraction of sp³-hybridized carbons (Fsp3) is 0.545. The van der Waals surface area contributed by atoms with Crippen LogP contribution in [0.25, 0.3) is 0 Å². The molecule has 1 N–H and O–H groups in total. The van der Waals surface area contributed by atoms with Crippen LogP contribution in [0.5, 0.6) is 5.88 Å². The molecule has 84 valence electrons. The highest BCUT2D eigenvalue weighted by atomic mass is 32.2. The molecule has 0 aliphatic heterocycles. The Kier molecular flexibility index (Phi) is 5.32. The molecule has 0 radical (unpaired) electrons. The van der Waals surface area contributed by atoms with Crippen LogP contribution in [0.2, 0.25) is 0 Å². The summed E-state index contributed by atoms with van der Waals surface area (Å²) in [5, 5.41) is 3.42. The van der Waals surface area contributed by atoms with Gasteiger partial charge in [0.15, 0.2) is 0 Å². The molecule has 0 fully saturated rings. The molecular formula is C11H18N2OS. The summed E-state index contributed by atoms with van der Waals surface area (Å²) in [4.78, 5) is 4.06. The van der Waals surface area contributed by atoms with Crippen molar-refractivity contribution < 1.29 is 4.74 Å². The van der Waals surface area contributed by atoms with Crippen molar-refractivity contribution in [3.63, 3.8) is 0 Å². The summed E-state index contributed by atoms with van der Waals surface area (Å²) in [5.41, 5.74) is 1.07. The number of nitrogens with one attached hydrogen (secondary N) is 1. The lowest BCUT2D eigenvalue weighted by Crippen LogP contribution is -2.15. The lowest BCUT2D eigenvalue weighted by molar-refractivity contribution is 0.398. The van der Waals surface area contributed by atoms with Crippen LogP contribution in [0.4, 0.5) is 5.69 Å². The number of nitrogens with zero attached hydrogens (tertiary/aromatic N) is 1. The average molecular weight is 226 g/mol. The SMILES string of the molecule is COc1cc(NC(C)CCSC)ccn1. The summed E-state index contributed by atoms with van der Waals surface area (Å²) < 4.78 is 5.06. The molecule has 0 spiro atoms. The molecule has 1 rings (SSSR count). The Morgan fingerprint density at radius 3 is 3.07 bits per heavy atom. The molecule has 0 bridgehead atoms. The van der Waals surface area contributed by atoms with Gasteiger partial charge in [0.1, 0.15) is 0 Å². The maximum atomic E-state index is 5.06. The third-order valence-corrected chi connectivity index (χ3v) is 2.76. The summed E-state index contributed by atoms with van der Waals surface area (Å²) in [5.74, 6) is 1.83. The predicted octanol–water partition coefficient (Wildman–Crippen LogP) is 2.64. The van der Waals surface area contributed by atoms with E-state index in [9.17, 15) is 0 Å². The summed E-state index contributed by atoms with van der Waals surface area (Å²) >= 11 is 1.87. The number of hydrogen-bond donors (Lipinski definition) is 1. The molecule has 3 nitrogen and oxygen atoms in total. The van der Waals surface area contributed by atoms with Gasteiger partial charge in [-0.3, -0.25) is 0 Å². The minimum atomic E-state index is 0.476. The van der Waals surface area contributed by atoms with Crippen LogP contribution in [0, 0.1) is 0 Å². The molecule has 1 aromatic rings. The zero-order chi connectivity index (χ0) is 11.1. The summed E-state index contributed by atoms with van der Waals surface area (Å²) in [6.07, 6.45) is 5.04. The van der Waals surface area contributed by atoms with E-state index in [0.717, 1.165) is 12.1 Å². The summed E-state index contributed by atoms with van der Waals surface area (Å²) in [7, 11) is 1.63. The fourth-order valence-corrected chi connectivity index (χ4v) is 1.85. The van der Waals surface area contributed by atoms with Crippen molar-refractivity contribution in [1.29, 1.82) is 0 Å². The Bertz CT molecular complexity index is 294. The van der Waals surface area contributed by atoms with Gasteiger partial charge < -0.3 is 10.1 Å². The van der Waals surface area contributed by atoms with Gasteiger partial charge in [-0.25, -0.2) is 4.98 Å². The molecule has 1 heterocycles. The Morgan fingerprint density at radius 2 is 2.40 bits per heavy atom. The van der Waals surface area contributed by atoms with E-state index in [1.54, 1.807) is 13.3 Å². The Labute approximate surface area is 95.6 Å². The van der Waals surface area contributed by atoms with Crippen LogP contribution < -0.4 is 10.1 Å². The fourth-order valence-electron chi connectivity index (χ4n) is 1.26. The first kappa shape index (κ1) is 12.2. The van der Waals surface area contributed by atoms with Gasteiger partial charge in [-0.05, 0) is 31.4 Å². The minimum absolute atomic E-state index is 0.476. The molecule has 0 amide bonds. The third-order valence-electron chi connectivity index (χ3n) is 2.11. The first-order chi connectivity index (χ1) is 7.26. The van der Waals surface area contributed by atoms with Gasteiger partial charge >= 0.3 is 0 Å². The van der Waals surface area contributed by atoms with Crippen molar-refractivity contribution in [2.24, 2.45) is 0 Å². The van der Waals surface area contributed by atoms with E-state index in [4.69, 9.17) is 4.74 Å². The lowest BCUT2D eigenvalue weighted by Gasteiger charge is -2.14. The Balaban J connectivity index is 2.48. The van der Waals surface area contributed by atoms with Crippen molar-refractivity contribution in [2.45, 2.75) is 19.4 Å². The first-order valence-corrected chi connectivity index (χ1v) is 6.41. The van der Waals surface area contributed by atoms with Crippen molar-refractivity contribution in [2.75, 3.05) is 24.4 Å². The van der Waals surface area contributed by atoms with Crippen molar-refractivity contribution in [1.82, 2.24) is 4.98 Å². The quantitative estimate of drug-likeness (QED) is 0.808. The molecule has 0 saturated heterocycles. The largest absolute Gasteiger partial charge is 0.481 e. The van der Waals surface area contributed by atoms with E-state index in [0.29, 0.717) is 11.9 Å². The van der Waals surface area contributed by atoms with E-state index in [1.807, 2.05) is 23.9 Å². The van der Waals surface area contributed by atoms with Crippen LogP contribution in [0.1, 0.15) is 13.3 Å². The molecular weight excluding hydrogens is 208 g/mol. The molecule has 0 aliphatic rings. The number of rotatable bonds is 6. The normalized spacial score (nSPS) is 12.2. The number of anilines is 1. The highest BCUT2D eigenvalue weighted by Gasteiger charge is 2.02. The van der Waals surface area contributed by atoms with Gasteiger partial charge in [0, 0.05) is 24.0 Å². The highest BCUT2D eigenvalue weighted by Crippen LogP contribution is 2.15. The van der Waals surface area contributed by atoms with E-state index >= 15 is 0 Å². The van der Waals surface area contributed by atoms with Gasteiger partial charge in [0.05, 0.1) is 7.11 Å². The second kappa shape index (κ2) is 6.56. The molecule has 1 atom stereocenters. The molecule has 0 aromatic carbocycles. The second-order valence-corrected chi connectivity index (χ2v) is 4.40. The number of aromatic nitrogens is 1. The molecule has 15 heavy (non-hydrogen) atoms. The Hall–Kier alpha value is -0.900. The number of hydrogen-bond acceptors (Lipinski definition) is 4.